The third-order valence-electron chi connectivity index (χ3n) is 6.05. The van der Waals surface area contributed by atoms with Gasteiger partial charge in [-0.2, -0.15) is 0 Å². The van der Waals surface area contributed by atoms with Crippen molar-refractivity contribution >= 4 is 0 Å². The Kier molecular flexibility index (Phi) is 5.88. The molecule has 0 spiro atoms. The van der Waals surface area contributed by atoms with Crippen molar-refractivity contribution in [2.75, 3.05) is 0 Å². The van der Waals surface area contributed by atoms with Gasteiger partial charge in [0.15, 0.2) is 0 Å². The molecule has 1 fully saturated rings. The second-order valence-electron chi connectivity index (χ2n) is 7.71. The van der Waals surface area contributed by atoms with Crippen LogP contribution in [0.3, 0.4) is 0 Å². The van der Waals surface area contributed by atoms with Crippen LogP contribution in [-0.4, -0.2) is 33.6 Å². The molecule has 0 aromatic rings. The van der Waals surface area contributed by atoms with Gasteiger partial charge in [-0.15, -0.1) is 0 Å². The molecule has 0 aromatic heterocycles. The largest absolute Gasteiger partial charge is 0.392 e. The first-order valence-corrected chi connectivity index (χ1v) is 8.79. The van der Waals surface area contributed by atoms with E-state index in [1.54, 1.807) is 0 Å². The molecule has 3 heteroatoms. The number of fused-ring (bicyclic) bond motifs is 1. The van der Waals surface area contributed by atoms with E-state index in [-0.39, 0.29) is 23.7 Å². The summed E-state index contributed by atoms with van der Waals surface area (Å²) in [7, 11) is 0. The third kappa shape index (κ3) is 3.78. The van der Waals surface area contributed by atoms with E-state index < -0.39 is 18.3 Å². The molecule has 7 atom stereocenters. The lowest BCUT2D eigenvalue weighted by molar-refractivity contribution is 0.0189. The molecule has 0 amide bonds. The van der Waals surface area contributed by atoms with Crippen LogP contribution in [0.2, 0.25) is 0 Å². The predicted molar refractivity (Wildman–Crippen MR) is 93.8 cm³/mol. The fourth-order valence-corrected chi connectivity index (χ4v) is 4.31. The average molecular weight is 320 g/mol. The Hall–Kier alpha value is -0.900. The molecule has 3 N–H and O–H groups in total. The van der Waals surface area contributed by atoms with Crippen LogP contribution >= 0.6 is 0 Å². The Balaban J connectivity index is 2.12. The molecular weight excluding hydrogens is 288 g/mol. The average Bonchev–Trinajstić information content (AvgIpc) is 2.85. The summed E-state index contributed by atoms with van der Waals surface area (Å²) in [6.45, 7) is 13.9. The minimum absolute atomic E-state index is 0.0236. The molecule has 0 bridgehead atoms. The Bertz CT molecular complexity index is 493. The fraction of sp³-hybridized carbons (Fsp3) is 0.700. The van der Waals surface area contributed by atoms with Crippen molar-refractivity contribution in [1.82, 2.24) is 0 Å². The Morgan fingerprint density at radius 2 is 2.00 bits per heavy atom. The lowest BCUT2D eigenvalue weighted by Gasteiger charge is -2.33. The lowest BCUT2D eigenvalue weighted by atomic mass is 9.76. The van der Waals surface area contributed by atoms with E-state index in [0.29, 0.717) is 12.8 Å². The summed E-state index contributed by atoms with van der Waals surface area (Å²) in [6, 6.07) is 0. The highest BCUT2D eigenvalue weighted by Crippen LogP contribution is 2.47. The molecule has 3 nitrogen and oxygen atoms in total. The second kappa shape index (κ2) is 7.33. The number of aliphatic hydroxyl groups is 3. The van der Waals surface area contributed by atoms with Gasteiger partial charge in [-0.05, 0) is 62.9 Å². The number of aliphatic hydroxyl groups excluding tert-OH is 3. The molecule has 1 saturated carbocycles. The summed E-state index contributed by atoms with van der Waals surface area (Å²) in [6.07, 6.45) is 3.59. The highest BCUT2D eigenvalue weighted by molar-refractivity contribution is 5.26. The smallest absolute Gasteiger partial charge is 0.0754 e. The topological polar surface area (TPSA) is 60.7 Å². The van der Waals surface area contributed by atoms with Crippen LogP contribution in [0, 0.1) is 23.7 Å². The van der Waals surface area contributed by atoms with E-state index in [1.165, 1.54) is 5.57 Å². The molecule has 0 radical (unpaired) electrons. The first-order chi connectivity index (χ1) is 10.7. The summed E-state index contributed by atoms with van der Waals surface area (Å²) in [5, 5.41) is 31.4. The predicted octanol–water partition coefficient (Wildman–Crippen LogP) is 3.22. The fourth-order valence-electron chi connectivity index (χ4n) is 4.31. The second-order valence-corrected chi connectivity index (χ2v) is 7.71. The van der Waals surface area contributed by atoms with E-state index in [9.17, 15) is 15.3 Å². The Morgan fingerprint density at radius 3 is 2.61 bits per heavy atom. The van der Waals surface area contributed by atoms with Gasteiger partial charge in [0.05, 0.1) is 18.3 Å². The van der Waals surface area contributed by atoms with Crippen molar-refractivity contribution in [1.29, 1.82) is 0 Å². The summed E-state index contributed by atoms with van der Waals surface area (Å²) in [4.78, 5) is 0. The Labute approximate surface area is 140 Å². The summed E-state index contributed by atoms with van der Waals surface area (Å²) in [5.41, 5.74) is 2.87. The standard InChI is InChI=1S/C20H32O3/c1-11(2)17(21)9-7-12(3)16-10-18(22)14(5)15-8-6-13(4)19(15)20(16)23/h6,12,15-23H,1,5,7-10H2,2-4H3/t12-,15+,16+,17-,18+,19-,20-/m0/s1. The summed E-state index contributed by atoms with van der Waals surface area (Å²) in [5.74, 6) is 0.500. The van der Waals surface area contributed by atoms with Gasteiger partial charge in [0.25, 0.3) is 0 Å². The van der Waals surface area contributed by atoms with Crippen LogP contribution in [0.15, 0.2) is 36.0 Å². The van der Waals surface area contributed by atoms with Gasteiger partial charge in [-0.25, -0.2) is 0 Å². The molecule has 2 aliphatic carbocycles. The SMILES string of the molecule is C=C1[C@H](O)C[C@H]([C@@H](C)CC[C@H](O)C(=C)C)[C@H](O)[C@H]2C(C)=CC[C@H]12. The molecule has 0 saturated heterocycles. The van der Waals surface area contributed by atoms with Gasteiger partial charge in [-0.3, -0.25) is 0 Å². The van der Waals surface area contributed by atoms with Crippen LogP contribution < -0.4 is 0 Å². The maximum absolute atomic E-state index is 11.0. The highest BCUT2D eigenvalue weighted by atomic mass is 16.3. The number of rotatable bonds is 5. The zero-order valence-corrected chi connectivity index (χ0v) is 14.7. The maximum Gasteiger partial charge on any atom is 0.0754 e. The minimum Gasteiger partial charge on any atom is -0.392 e. The maximum atomic E-state index is 11.0. The van der Waals surface area contributed by atoms with Gasteiger partial charge in [0, 0.05) is 5.92 Å². The van der Waals surface area contributed by atoms with Gasteiger partial charge in [0.2, 0.25) is 0 Å². The van der Waals surface area contributed by atoms with E-state index >= 15 is 0 Å². The van der Waals surface area contributed by atoms with Crippen LogP contribution in [0.5, 0.6) is 0 Å². The van der Waals surface area contributed by atoms with E-state index in [1.807, 2.05) is 6.92 Å². The zero-order chi connectivity index (χ0) is 17.3. The molecular formula is C20H32O3. The summed E-state index contributed by atoms with van der Waals surface area (Å²) < 4.78 is 0. The van der Waals surface area contributed by atoms with E-state index in [0.717, 1.165) is 24.0 Å². The van der Waals surface area contributed by atoms with Gasteiger partial charge >= 0.3 is 0 Å². The molecule has 23 heavy (non-hydrogen) atoms. The quantitative estimate of drug-likeness (QED) is 0.682. The van der Waals surface area contributed by atoms with Gasteiger partial charge in [0.1, 0.15) is 0 Å². The normalized spacial score (nSPS) is 36.9. The molecule has 0 heterocycles. The van der Waals surface area contributed by atoms with Crippen molar-refractivity contribution in [2.24, 2.45) is 23.7 Å². The third-order valence-corrected chi connectivity index (χ3v) is 6.05. The minimum atomic E-state index is -0.544. The van der Waals surface area contributed by atoms with Crippen LogP contribution in [-0.2, 0) is 0 Å². The van der Waals surface area contributed by atoms with Crippen molar-refractivity contribution in [3.63, 3.8) is 0 Å². The Morgan fingerprint density at radius 1 is 1.35 bits per heavy atom. The molecule has 0 unspecified atom stereocenters. The van der Waals surface area contributed by atoms with Crippen LogP contribution in [0.4, 0.5) is 0 Å². The first kappa shape index (κ1) is 18.4. The molecule has 2 aliphatic rings. The van der Waals surface area contributed by atoms with E-state index in [4.69, 9.17) is 0 Å². The van der Waals surface area contributed by atoms with Gasteiger partial charge < -0.3 is 15.3 Å². The van der Waals surface area contributed by atoms with Crippen molar-refractivity contribution < 1.29 is 15.3 Å². The number of hydrogen-bond donors (Lipinski definition) is 3. The molecule has 2 rings (SSSR count). The molecule has 130 valence electrons. The molecule has 0 aliphatic heterocycles. The monoisotopic (exact) mass is 320 g/mol. The molecule has 0 aromatic carbocycles. The number of allylic oxidation sites excluding steroid dienone is 1. The van der Waals surface area contributed by atoms with Crippen LogP contribution in [0.25, 0.3) is 0 Å². The van der Waals surface area contributed by atoms with Crippen molar-refractivity contribution in [3.8, 4) is 0 Å². The van der Waals surface area contributed by atoms with Gasteiger partial charge in [-0.1, -0.05) is 37.3 Å². The lowest BCUT2D eigenvalue weighted by Crippen LogP contribution is -2.35. The first-order valence-electron chi connectivity index (χ1n) is 8.79. The number of hydrogen-bond acceptors (Lipinski definition) is 3. The van der Waals surface area contributed by atoms with E-state index in [2.05, 4.69) is 33.1 Å². The highest BCUT2D eigenvalue weighted by Gasteiger charge is 2.44. The van der Waals surface area contributed by atoms with Crippen molar-refractivity contribution in [3.05, 3.63) is 36.0 Å². The van der Waals surface area contributed by atoms with Crippen molar-refractivity contribution in [2.45, 2.75) is 64.8 Å². The van der Waals surface area contributed by atoms with Crippen LogP contribution in [0.1, 0.15) is 46.5 Å². The summed E-state index contributed by atoms with van der Waals surface area (Å²) >= 11 is 0. The zero-order valence-electron chi connectivity index (χ0n) is 14.7.